The van der Waals surface area contributed by atoms with Gasteiger partial charge < -0.3 is 4.74 Å². The molecule has 1 atom stereocenters. The van der Waals surface area contributed by atoms with E-state index in [-0.39, 0.29) is 0 Å². The summed E-state index contributed by atoms with van der Waals surface area (Å²) in [6, 6.07) is 8.12. The molecule has 0 aromatic heterocycles. The number of aliphatic imine (C=N–C) groups is 1. The van der Waals surface area contributed by atoms with Crippen LogP contribution < -0.4 is 0 Å². The Morgan fingerprint density at radius 3 is 2.92 bits per heavy atom. The Morgan fingerprint density at radius 1 is 1.38 bits per heavy atom. The summed E-state index contributed by atoms with van der Waals surface area (Å²) in [4.78, 5) is 5.65. The maximum Gasteiger partial charge on any atom is 0.201 e. The molecule has 1 aliphatic heterocycles. The molecule has 0 amide bonds. The standard InChI is InChI=1S/C10H11NOS/c1-7-10(12-2)11-8-5-3-4-6-9(8)13-7/h3-7H,1-2H3. The van der Waals surface area contributed by atoms with Gasteiger partial charge in [-0.15, -0.1) is 11.8 Å². The molecule has 0 spiro atoms. The molecule has 0 aliphatic carbocycles. The fraction of sp³-hybridized carbons (Fsp3) is 0.300. The van der Waals surface area contributed by atoms with Crippen molar-refractivity contribution in [2.45, 2.75) is 17.1 Å². The summed E-state index contributed by atoms with van der Waals surface area (Å²) in [6.07, 6.45) is 0. The molecule has 0 radical (unpaired) electrons. The van der Waals surface area contributed by atoms with E-state index in [1.165, 1.54) is 4.90 Å². The summed E-state index contributed by atoms with van der Waals surface area (Å²) < 4.78 is 5.19. The molecule has 0 bridgehead atoms. The van der Waals surface area contributed by atoms with Crippen LogP contribution in [0.3, 0.4) is 0 Å². The van der Waals surface area contributed by atoms with E-state index >= 15 is 0 Å². The second-order valence-electron chi connectivity index (χ2n) is 2.88. The van der Waals surface area contributed by atoms with Crippen LogP contribution in [-0.4, -0.2) is 18.3 Å². The Labute approximate surface area is 82.0 Å². The molecular weight excluding hydrogens is 182 g/mol. The third-order valence-corrected chi connectivity index (χ3v) is 3.11. The summed E-state index contributed by atoms with van der Waals surface area (Å²) in [5.74, 6) is 0.809. The molecule has 0 N–H and O–H groups in total. The first-order chi connectivity index (χ1) is 6.31. The summed E-state index contributed by atoms with van der Waals surface area (Å²) in [7, 11) is 1.67. The predicted molar refractivity (Wildman–Crippen MR) is 55.9 cm³/mol. The van der Waals surface area contributed by atoms with Crippen molar-refractivity contribution < 1.29 is 4.74 Å². The number of ether oxygens (including phenoxy) is 1. The first-order valence-corrected chi connectivity index (χ1v) is 5.07. The van der Waals surface area contributed by atoms with E-state index in [9.17, 15) is 0 Å². The van der Waals surface area contributed by atoms with Crippen molar-refractivity contribution in [3.8, 4) is 0 Å². The van der Waals surface area contributed by atoms with Crippen LogP contribution in [0.5, 0.6) is 0 Å². The lowest BCUT2D eigenvalue weighted by atomic mass is 10.3. The van der Waals surface area contributed by atoms with Crippen LogP contribution in [0.25, 0.3) is 0 Å². The minimum absolute atomic E-state index is 0.319. The third-order valence-electron chi connectivity index (χ3n) is 1.96. The van der Waals surface area contributed by atoms with Crippen molar-refractivity contribution in [3.63, 3.8) is 0 Å². The zero-order valence-electron chi connectivity index (χ0n) is 7.65. The molecule has 0 fully saturated rings. The van der Waals surface area contributed by atoms with Gasteiger partial charge in [-0.2, -0.15) is 0 Å². The van der Waals surface area contributed by atoms with Gasteiger partial charge in [0.2, 0.25) is 5.90 Å². The molecule has 1 heterocycles. The van der Waals surface area contributed by atoms with E-state index in [2.05, 4.69) is 18.0 Å². The number of benzene rings is 1. The average molecular weight is 193 g/mol. The maximum absolute atomic E-state index is 5.19. The fourth-order valence-electron chi connectivity index (χ4n) is 1.31. The molecule has 1 aromatic carbocycles. The van der Waals surface area contributed by atoms with Gasteiger partial charge in [0.15, 0.2) is 0 Å². The smallest absolute Gasteiger partial charge is 0.201 e. The van der Waals surface area contributed by atoms with Crippen LogP contribution in [0.1, 0.15) is 6.92 Å². The van der Waals surface area contributed by atoms with Gasteiger partial charge >= 0.3 is 0 Å². The SMILES string of the molecule is COC1=Nc2ccccc2SC1C. The van der Waals surface area contributed by atoms with Crippen molar-refractivity contribution in [1.29, 1.82) is 0 Å². The molecule has 0 saturated carbocycles. The first kappa shape index (κ1) is 8.63. The Morgan fingerprint density at radius 2 is 2.15 bits per heavy atom. The van der Waals surface area contributed by atoms with Gasteiger partial charge in [-0.3, -0.25) is 0 Å². The van der Waals surface area contributed by atoms with Crippen molar-refractivity contribution in [2.24, 2.45) is 4.99 Å². The second-order valence-corrected chi connectivity index (χ2v) is 4.26. The molecule has 0 saturated heterocycles. The van der Waals surface area contributed by atoms with Gasteiger partial charge in [-0.05, 0) is 19.1 Å². The van der Waals surface area contributed by atoms with Crippen LogP contribution >= 0.6 is 11.8 Å². The summed E-state index contributed by atoms with van der Waals surface area (Å²) in [5.41, 5.74) is 1.02. The molecular formula is C10H11NOS. The molecule has 2 nitrogen and oxygen atoms in total. The van der Waals surface area contributed by atoms with Crippen LogP contribution in [0.2, 0.25) is 0 Å². The van der Waals surface area contributed by atoms with Gasteiger partial charge in [-0.1, -0.05) is 12.1 Å². The fourth-order valence-corrected chi connectivity index (χ4v) is 2.33. The van der Waals surface area contributed by atoms with Gasteiger partial charge in [0.1, 0.15) is 0 Å². The maximum atomic E-state index is 5.19. The zero-order chi connectivity index (χ0) is 9.26. The molecule has 1 aliphatic rings. The monoisotopic (exact) mass is 193 g/mol. The van der Waals surface area contributed by atoms with Crippen LogP contribution in [-0.2, 0) is 4.74 Å². The lowest BCUT2D eigenvalue weighted by molar-refractivity contribution is 0.393. The molecule has 2 rings (SSSR count). The van der Waals surface area contributed by atoms with Crippen LogP contribution in [0.4, 0.5) is 5.69 Å². The first-order valence-electron chi connectivity index (χ1n) is 4.19. The lowest BCUT2D eigenvalue weighted by Gasteiger charge is -2.19. The highest BCUT2D eigenvalue weighted by Gasteiger charge is 2.19. The van der Waals surface area contributed by atoms with E-state index in [4.69, 9.17) is 4.74 Å². The number of nitrogens with zero attached hydrogens (tertiary/aromatic N) is 1. The normalized spacial score (nSPS) is 20.5. The van der Waals surface area contributed by atoms with Crippen molar-refractivity contribution in [1.82, 2.24) is 0 Å². The number of methoxy groups -OCH3 is 1. The van der Waals surface area contributed by atoms with E-state index in [0.717, 1.165) is 11.6 Å². The van der Waals surface area contributed by atoms with E-state index in [1.807, 2.05) is 18.2 Å². The van der Waals surface area contributed by atoms with Gasteiger partial charge in [-0.25, -0.2) is 4.99 Å². The lowest BCUT2D eigenvalue weighted by Crippen LogP contribution is -2.17. The average Bonchev–Trinajstić information content (AvgIpc) is 2.17. The summed E-state index contributed by atoms with van der Waals surface area (Å²) >= 11 is 1.79. The van der Waals surface area contributed by atoms with E-state index in [1.54, 1.807) is 18.9 Å². The number of hydrogen-bond donors (Lipinski definition) is 0. The molecule has 1 aromatic rings. The topological polar surface area (TPSA) is 21.6 Å². The summed E-state index contributed by atoms with van der Waals surface area (Å²) in [5, 5.41) is 0.319. The van der Waals surface area contributed by atoms with E-state index < -0.39 is 0 Å². The number of thioether (sulfide) groups is 1. The van der Waals surface area contributed by atoms with Crippen molar-refractivity contribution in [2.75, 3.05) is 7.11 Å². The zero-order valence-corrected chi connectivity index (χ0v) is 8.47. The van der Waals surface area contributed by atoms with Crippen LogP contribution in [0, 0.1) is 0 Å². The highest BCUT2D eigenvalue weighted by molar-refractivity contribution is 8.00. The quantitative estimate of drug-likeness (QED) is 0.632. The Bertz CT molecular complexity index is 349. The Kier molecular flexibility index (Phi) is 2.27. The predicted octanol–water partition coefficient (Wildman–Crippen LogP) is 2.86. The molecule has 68 valence electrons. The Balaban J connectivity index is 2.44. The largest absolute Gasteiger partial charge is 0.483 e. The molecule has 3 heteroatoms. The highest BCUT2D eigenvalue weighted by Crippen LogP contribution is 2.37. The minimum atomic E-state index is 0.319. The van der Waals surface area contributed by atoms with Crippen molar-refractivity contribution >= 4 is 23.3 Å². The van der Waals surface area contributed by atoms with Crippen LogP contribution in [0.15, 0.2) is 34.2 Å². The minimum Gasteiger partial charge on any atom is -0.483 e. The highest BCUT2D eigenvalue weighted by atomic mass is 32.2. The van der Waals surface area contributed by atoms with Gasteiger partial charge in [0.25, 0.3) is 0 Å². The summed E-state index contributed by atoms with van der Waals surface area (Å²) in [6.45, 7) is 2.10. The number of para-hydroxylation sites is 1. The third kappa shape index (κ3) is 1.56. The van der Waals surface area contributed by atoms with Gasteiger partial charge in [0.05, 0.1) is 18.0 Å². The van der Waals surface area contributed by atoms with Gasteiger partial charge in [0, 0.05) is 4.90 Å². The number of fused-ring (bicyclic) bond motifs is 1. The molecule has 1 unspecified atom stereocenters. The Hall–Kier alpha value is -0.960. The van der Waals surface area contributed by atoms with Crippen molar-refractivity contribution in [3.05, 3.63) is 24.3 Å². The number of hydrogen-bond acceptors (Lipinski definition) is 3. The second kappa shape index (κ2) is 3.42. The molecule has 13 heavy (non-hydrogen) atoms. The number of rotatable bonds is 0. The van der Waals surface area contributed by atoms with E-state index in [0.29, 0.717) is 5.25 Å².